The summed E-state index contributed by atoms with van der Waals surface area (Å²) < 4.78 is 13.9. The van der Waals surface area contributed by atoms with Crippen LogP contribution in [0.1, 0.15) is 16.8 Å². The first kappa shape index (κ1) is 17.0. The number of carbonyl (C=O) groups excluding carboxylic acids is 2. The number of hydrogen-bond acceptors (Lipinski definition) is 3. The molecule has 0 radical (unpaired) electrons. The molecule has 6 heteroatoms. The van der Waals surface area contributed by atoms with Crippen molar-refractivity contribution in [1.82, 2.24) is 4.90 Å². The number of nitrogens with zero attached hydrogens (tertiary/aromatic N) is 2. The van der Waals surface area contributed by atoms with Gasteiger partial charge in [0.15, 0.2) is 0 Å². The molecule has 2 aromatic rings. The maximum absolute atomic E-state index is 13.9. The molecule has 5 nitrogen and oxygen atoms in total. The first-order valence-corrected chi connectivity index (χ1v) is 8.11. The fourth-order valence-corrected chi connectivity index (χ4v) is 2.90. The van der Waals surface area contributed by atoms with Crippen LogP contribution < -0.4 is 10.2 Å². The molecule has 1 fully saturated rings. The van der Waals surface area contributed by atoms with Gasteiger partial charge in [0, 0.05) is 32.0 Å². The Bertz CT molecular complexity index is 793. The van der Waals surface area contributed by atoms with Crippen molar-refractivity contribution in [3.8, 4) is 0 Å². The van der Waals surface area contributed by atoms with Crippen LogP contribution >= 0.6 is 0 Å². The van der Waals surface area contributed by atoms with Crippen LogP contribution in [0.3, 0.4) is 0 Å². The van der Waals surface area contributed by atoms with Gasteiger partial charge in [-0.1, -0.05) is 18.2 Å². The maximum atomic E-state index is 13.9. The molecule has 25 heavy (non-hydrogen) atoms. The van der Waals surface area contributed by atoms with Crippen molar-refractivity contribution in [2.24, 2.45) is 0 Å². The summed E-state index contributed by atoms with van der Waals surface area (Å²) in [5, 5.41) is 3.12. The molecule has 3 rings (SSSR count). The monoisotopic (exact) mass is 341 g/mol. The van der Waals surface area contributed by atoms with Gasteiger partial charge in [0.1, 0.15) is 11.9 Å². The van der Waals surface area contributed by atoms with Crippen molar-refractivity contribution in [2.75, 3.05) is 30.9 Å². The van der Waals surface area contributed by atoms with Crippen LogP contribution in [0.5, 0.6) is 0 Å². The molecule has 0 aromatic heterocycles. The molecule has 0 spiro atoms. The number of benzene rings is 2. The quantitative estimate of drug-likeness (QED) is 0.930. The van der Waals surface area contributed by atoms with E-state index in [4.69, 9.17) is 0 Å². The second-order valence-electron chi connectivity index (χ2n) is 6.21. The SMILES string of the molecule is CN(C)C(=O)c1cc(N[C@@H]2CCN(c3ccccc3)C2=O)ccc1F. The van der Waals surface area contributed by atoms with Crippen LogP contribution in [0, 0.1) is 5.82 Å². The fraction of sp³-hybridized carbons (Fsp3) is 0.263. The maximum Gasteiger partial charge on any atom is 0.256 e. The van der Waals surface area contributed by atoms with E-state index >= 15 is 0 Å². The van der Waals surface area contributed by atoms with E-state index in [1.165, 1.54) is 17.0 Å². The van der Waals surface area contributed by atoms with E-state index in [1.807, 2.05) is 30.3 Å². The Kier molecular flexibility index (Phi) is 4.70. The fourth-order valence-electron chi connectivity index (χ4n) is 2.90. The van der Waals surface area contributed by atoms with E-state index in [2.05, 4.69) is 5.32 Å². The summed E-state index contributed by atoms with van der Waals surface area (Å²) in [5.41, 5.74) is 1.40. The second-order valence-corrected chi connectivity index (χ2v) is 6.21. The Hall–Kier alpha value is -2.89. The van der Waals surface area contributed by atoms with Gasteiger partial charge in [0.25, 0.3) is 5.91 Å². The predicted molar refractivity (Wildman–Crippen MR) is 95.2 cm³/mol. The third kappa shape index (κ3) is 3.47. The van der Waals surface area contributed by atoms with Crippen LogP contribution in [0.2, 0.25) is 0 Å². The number of hydrogen-bond donors (Lipinski definition) is 1. The zero-order valence-electron chi connectivity index (χ0n) is 14.2. The minimum atomic E-state index is -0.576. The molecule has 0 saturated carbocycles. The van der Waals surface area contributed by atoms with Crippen LogP contribution in [-0.2, 0) is 4.79 Å². The highest BCUT2D eigenvalue weighted by Gasteiger charge is 2.32. The van der Waals surface area contributed by atoms with E-state index in [0.717, 1.165) is 5.69 Å². The van der Waals surface area contributed by atoms with Crippen LogP contribution in [0.15, 0.2) is 48.5 Å². The largest absolute Gasteiger partial charge is 0.374 e. The van der Waals surface area contributed by atoms with E-state index in [0.29, 0.717) is 18.7 Å². The first-order valence-electron chi connectivity index (χ1n) is 8.11. The minimum absolute atomic E-state index is 0.0136. The molecule has 0 aliphatic carbocycles. The highest BCUT2D eigenvalue weighted by molar-refractivity contribution is 6.01. The summed E-state index contributed by atoms with van der Waals surface area (Å²) >= 11 is 0. The van der Waals surface area contributed by atoms with Crippen LogP contribution in [-0.4, -0.2) is 43.4 Å². The summed E-state index contributed by atoms with van der Waals surface area (Å²) in [7, 11) is 3.14. The van der Waals surface area contributed by atoms with Gasteiger partial charge in [-0.15, -0.1) is 0 Å². The van der Waals surface area contributed by atoms with Crippen molar-refractivity contribution >= 4 is 23.2 Å². The Morgan fingerprint density at radius 2 is 1.92 bits per heavy atom. The normalized spacial score (nSPS) is 16.8. The Balaban J connectivity index is 1.76. The highest BCUT2D eigenvalue weighted by Crippen LogP contribution is 2.24. The molecular weight excluding hydrogens is 321 g/mol. The van der Waals surface area contributed by atoms with E-state index in [-0.39, 0.29) is 11.5 Å². The number of carbonyl (C=O) groups is 2. The van der Waals surface area contributed by atoms with Gasteiger partial charge in [0.2, 0.25) is 5.91 Å². The molecule has 1 heterocycles. The molecule has 0 bridgehead atoms. The van der Waals surface area contributed by atoms with E-state index in [1.54, 1.807) is 25.1 Å². The average Bonchev–Trinajstić information content (AvgIpc) is 2.97. The standard InChI is InChI=1S/C19H20FN3O2/c1-22(2)18(24)15-12-13(8-9-16(15)20)21-17-10-11-23(19(17)25)14-6-4-3-5-7-14/h3-9,12,17,21H,10-11H2,1-2H3/t17-/m1/s1. The highest BCUT2D eigenvalue weighted by atomic mass is 19.1. The lowest BCUT2D eigenvalue weighted by molar-refractivity contribution is -0.117. The van der Waals surface area contributed by atoms with Crippen LogP contribution in [0.25, 0.3) is 0 Å². The Morgan fingerprint density at radius 3 is 2.60 bits per heavy atom. The third-order valence-corrected chi connectivity index (χ3v) is 4.22. The number of anilines is 2. The number of halogens is 1. The summed E-state index contributed by atoms with van der Waals surface area (Å²) in [6.45, 7) is 0.616. The Morgan fingerprint density at radius 1 is 1.20 bits per heavy atom. The Labute approximate surface area is 146 Å². The number of amides is 2. The van der Waals surface area contributed by atoms with Crippen molar-refractivity contribution in [1.29, 1.82) is 0 Å². The van der Waals surface area contributed by atoms with Gasteiger partial charge < -0.3 is 15.1 Å². The van der Waals surface area contributed by atoms with Crippen molar-refractivity contribution in [3.05, 3.63) is 59.9 Å². The van der Waals surface area contributed by atoms with Gasteiger partial charge in [0.05, 0.1) is 5.56 Å². The van der Waals surface area contributed by atoms with Gasteiger partial charge in [-0.2, -0.15) is 0 Å². The molecule has 2 aromatic carbocycles. The first-order chi connectivity index (χ1) is 12.0. The van der Waals surface area contributed by atoms with Gasteiger partial charge in [-0.25, -0.2) is 4.39 Å². The lowest BCUT2D eigenvalue weighted by Crippen LogP contribution is -2.33. The smallest absolute Gasteiger partial charge is 0.256 e. The van der Waals surface area contributed by atoms with Gasteiger partial charge >= 0.3 is 0 Å². The van der Waals surface area contributed by atoms with Gasteiger partial charge in [-0.3, -0.25) is 9.59 Å². The predicted octanol–water partition coefficient (Wildman–Crippen LogP) is 2.74. The van der Waals surface area contributed by atoms with Crippen molar-refractivity contribution in [2.45, 2.75) is 12.5 Å². The summed E-state index contributed by atoms with van der Waals surface area (Å²) in [5.74, 6) is -1.02. The molecular formula is C19H20FN3O2. The molecule has 2 amide bonds. The topological polar surface area (TPSA) is 52.7 Å². The van der Waals surface area contributed by atoms with Gasteiger partial charge in [-0.05, 0) is 36.8 Å². The van der Waals surface area contributed by atoms with E-state index in [9.17, 15) is 14.0 Å². The molecule has 1 saturated heterocycles. The molecule has 1 N–H and O–H groups in total. The van der Waals surface area contributed by atoms with Crippen LogP contribution in [0.4, 0.5) is 15.8 Å². The van der Waals surface area contributed by atoms with Crippen molar-refractivity contribution in [3.63, 3.8) is 0 Å². The molecule has 0 unspecified atom stereocenters. The zero-order valence-corrected chi connectivity index (χ0v) is 14.2. The molecule has 1 atom stereocenters. The molecule has 1 aliphatic rings. The van der Waals surface area contributed by atoms with Crippen molar-refractivity contribution < 1.29 is 14.0 Å². The molecule has 1 aliphatic heterocycles. The third-order valence-electron chi connectivity index (χ3n) is 4.22. The second kappa shape index (κ2) is 6.93. The summed E-state index contributed by atoms with van der Waals surface area (Å²) in [6.07, 6.45) is 0.641. The lowest BCUT2D eigenvalue weighted by atomic mass is 10.1. The molecule has 130 valence electrons. The summed E-state index contributed by atoms with van der Waals surface area (Å²) in [6, 6.07) is 13.3. The number of para-hydroxylation sites is 1. The lowest BCUT2D eigenvalue weighted by Gasteiger charge is -2.18. The number of nitrogens with one attached hydrogen (secondary N) is 1. The zero-order chi connectivity index (χ0) is 18.0. The number of rotatable bonds is 4. The minimum Gasteiger partial charge on any atom is -0.374 e. The van der Waals surface area contributed by atoms with E-state index < -0.39 is 17.8 Å². The average molecular weight is 341 g/mol. The summed E-state index contributed by atoms with van der Waals surface area (Å²) in [4.78, 5) is 27.7.